The molecule has 3 unspecified atom stereocenters. The van der Waals surface area contributed by atoms with Gasteiger partial charge < -0.3 is 10.4 Å². The molecule has 0 heterocycles. The van der Waals surface area contributed by atoms with E-state index < -0.39 is 0 Å². The Balaban J connectivity index is 2.23. The Morgan fingerprint density at radius 2 is 2.00 bits per heavy atom. The summed E-state index contributed by atoms with van der Waals surface area (Å²) in [5, 5.41) is 12.9. The summed E-state index contributed by atoms with van der Waals surface area (Å²) < 4.78 is 0. The molecule has 2 N–H and O–H groups in total. The molecule has 90 valence electrons. The van der Waals surface area contributed by atoms with Crippen molar-refractivity contribution in [3.8, 4) is 0 Å². The van der Waals surface area contributed by atoms with Gasteiger partial charge in [0, 0.05) is 12.1 Å². The molecule has 1 aliphatic rings. The van der Waals surface area contributed by atoms with Gasteiger partial charge >= 0.3 is 0 Å². The molecule has 0 amide bonds. The molecule has 0 spiro atoms. The zero-order valence-corrected chi connectivity index (χ0v) is 10.5. The molecule has 0 bridgehead atoms. The van der Waals surface area contributed by atoms with E-state index in [0.717, 1.165) is 12.3 Å². The van der Waals surface area contributed by atoms with Crippen LogP contribution in [0.4, 0.5) is 0 Å². The molecule has 3 atom stereocenters. The van der Waals surface area contributed by atoms with E-state index in [1.165, 1.54) is 25.7 Å². The number of nitrogens with one attached hydrogen (secondary N) is 1. The SMILES string of the molecule is CCC(C)C(CO)NC(C)CC1CCC1. The van der Waals surface area contributed by atoms with Crippen LogP contribution in [0, 0.1) is 11.8 Å². The lowest BCUT2D eigenvalue weighted by molar-refractivity contribution is 0.177. The summed E-state index contributed by atoms with van der Waals surface area (Å²) in [6, 6.07) is 0.839. The molecule has 1 rings (SSSR count). The highest BCUT2D eigenvalue weighted by molar-refractivity contribution is 4.79. The fourth-order valence-corrected chi connectivity index (χ4v) is 2.34. The van der Waals surface area contributed by atoms with E-state index in [4.69, 9.17) is 0 Å². The van der Waals surface area contributed by atoms with E-state index in [2.05, 4.69) is 26.1 Å². The van der Waals surface area contributed by atoms with Crippen LogP contribution in [0.2, 0.25) is 0 Å². The fourth-order valence-electron chi connectivity index (χ4n) is 2.34. The van der Waals surface area contributed by atoms with Crippen LogP contribution in [-0.2, 0) is 0 Å². The number of rotatable bonds is 7. The van der Waals surface area contributed by atoms with E-state index >= 15 is 0 Å². The minimum atomic E-state index is 0.268. The summed E-state index contributed by atoms with van der Waals surface area (Å²) in [4.78, 5) is 0. The molecular weight excluding hydrogens is 186 g/mol. The number of hydrogen-bond donors (Lipinski definition) is 2. The van der Waals surface area contributed by atoms with Gasteiger partial charge in [0.15, 0.2) is 0 Å². The van der Waals surface area contributed by atoms with Crippen molar-refractivity contribution >= 4 is 0 Å². The molecule has 0 aromatic carbocycles. The normalized spacial score (nSPS) is 23.2. The summed E-state index contributed by atoms with van der Waals surface area (Å²) in [7, 11) is 0. The molecule has 2 nitrogen and oxygen atoms in total. The average molecular weight is 213 g/mol. The molecule has 1 fully saturated rings. The number of aliphatic hydroxyl groups is 1. The van der Waals surface area contributed by atoms with Crippen LogP contribution in [0.25, 0.3) is 0 Å². The second-order valence-corrected chi connectivity index (χ2v) is 5.27. The van der Waals surface area contributed by atoms with Crippen LogP contribution >= 0.6 is 0 Å². The molecule has 15 heavy (non-hydrogen) atoms. The van der Waals surface area contributed by atoms with Crippen LogP contribution in [0.5, 0.6) is 0 Å². The first-order valence-electron chi connectivity index (χ1n) is 6.54. The van der Waals surface area contributed by atoms with Gasteiger partial charge in [-0.2, -0.15) is 0 Å². The Hall–Kier alpha value is -0.0800. The Kier molecular flexibility index (Phi) is 5.62. The molecule has 0 aliphatic heterocycles. The van der Waals surface area contributed by atoms with Crippen molar-refractivity contribution in [3.05, 3.63) is 0 Å². The van der Waals surface area contributed by atoms with Gasteiger partial charge in [0.05, 0.1) is 6.61 Å². The van der Waals surface area contributed by atoms with Crippen LogP contribution < -0.4 is 5.32 Å². The quantitative estimate of drug-likeness (QED) is 0.681. The third-order valence-corrected chi connectivity index (χ3v) is 3.94. The van der Waals surface area contributed by atoms with Crippen LogP contribution in [0.3, 0.4) is 0 Å². The molecule has 0 radical (unpaired) electrons. The van der Waals surface area contributed by atoms with Crippen LogP contribution in [0.1, 0.15) is 52.9 Å². The minimum Gasteiger partial charge on any atom is -0.395 e. The molecule has 0 saturated heterocycles. The topological polar surface area (TPSA) is 32.3 Å². The smallest absolute Gasteiger partial charge is 0.0587 e. The Labute approximate surface area is 94.5 Å². The van der Waals surface area contributed by atoms with Gasteiger partial charge in [0.1, 0.15) is 0 Å². The Bertz CT molecular complexity index is 168. The lowest BCUT2D eigenvalue weighted by Gasteiger charge is -2.32. The second kappa shape index (κ2) is 6.49. The first kappa shape index (κ1) is 13.0. The highest BCUT2D eigenvalue weighted by Gasteiger charge is 2.22. The van der Waals surface area contributed by atoms with Gasteiger partial charge in [0.25, 0.3) is 0 Å². The van der Waals surface area contributed by atoms with Crippen LogP contribution in [-0.4, -0.2) is 23.8 Å². The van der Waals surface area contributed by atoms with Crippen LogP contribution in [0.15, 0.2) is 0 Å². The Morgan fingerprint density at radius 1 is 1.33 bits per heavy atom. The van der Waals surface area contributed by atoms with Gasteiger partial charge in [0.2, 0.25) is 0 Å². The third kappa shape index (κ3) is 4.12. The molecular formula is C13H27NO. The molecule has 2 heteroatoms. The fraction of sp³-hybridized carbons (Fsp3) is 1.00. The van der Waals surface area contributed by atoms with Crippen molar-refractivity contribution in [1.29, 1.82) is 0 Å². The monoisotopic (exact) mass is 213 g/mol. The van der Waals surface area contributed by atoms with Crippen molar-refractivity contribution in [2.75, 3.05) is 6.61 Å². The number of aliphatic hydroxyl groups excluding tert-OH is 1. The first-order chi connectivity index (χ1) is 7.17. The zero-order chi connectivity index (χ0) is 11.3. The zero-order valence-electron chi connectivity index (χ0n) is 10.5. The number of hydrogen-bond acceptors (Lipinski definition) is 2. The van der Waals surface area contributed by atoms with E-state index in [1.807, 2.05) is 0 Å². The van der Waals surface area contributed by atoms with Crippen molar-refractivity contribution < 1.29 is 5.11 Å². The van der Waals surface area contributed by atoms with E-state index in [1.54, 1.807) is 0 Å². The highest BCUT2D eigenvalue weighted by Crippen LogP contribution is 2.30. The molecule has 1 saturated carbocycles. The standard InChI is InChI=1S/C13H27NO/c1-4-10(2)13(9-15)14-11(3)8-12-6-5-7-12/h10-15H,4-9H2,1-3H3. The molecule has 1 aliphatic carbocycles. The highest BCUT2D eigenvalue weighted by atomic mass is 16.3. The van der Waals surface area contributed by atoms with E-state index in [9.17, 15) is 5.11 Å². The van der Waals surface area contributed by atoms with Crippen molar-refractivity contribution in [2.45, 2.75) is 65.0 Å². The predicted molar refractivity (Wildman–Crippen MR) is 64.9 cm³/mol. The Morgan fingerprint density at radius 3 is 2.40 bits per heavy atom. The average Bonchev–Trinajstić information content (AvgIpc) is 2.19. The second-order valence-electron chi connectivity index (χ2n) is 5.27. The summed E-state index contributed by atoms with van der Waals surface area (Å²) in [6.45, 7) is 6.92. The molecule has 0 aromatic rings. The first-order valence-corrected chi connectivity index (χ1v) is 6.54. The minimum absolute atomic E-state index is 0.268. The van der Waals surface area contributed by atoms with Gasteiger partial charge in [-0.15, -0.1) is 0 Å². The maximum atomic E-state index is 9.32. The van der Waals surface area contributed by atoms with Gasteiger partial charge in [-0.25, -0.2) is 0 Å². The molecule has 0 aromatic heterocycles. The predicted octanol–water partition coefficient (Wildman–Crippen LogP) is 2.56. The maximum absolute atomic E-state index is 9.32. The lowest BCUT2D eigenvalue weighted by atomic mass is 9.81. The van der Waals surface area contributed by atoms with E-state index in [0.29, 0.717) is 12.0 Å². The summed E-state index contributed by atoms with van der Waals surface area (Å²) in [5.41, 5.74) is 0. The van der Waals surface area contributed by atoms with Crippen molar-refractivity contribution in [3.63, 3.8) is 0 Å². The largest absolute Gasteiger partial charge is 0.395 e. The lowest BCUT2D eigenvalue weighted by Crippen LogP contribution is -2.44. The van der Waals surface area contributed by atoms with Crippen molar-refractivity contribution in [1.82, 2.24) is 5.32 Å². The summed E-state index contributed by atoms with van der Waals surface area (Å²) >= 11 is 0. The van der Waals surface area contributed by atoms with Gasteiger partial charge in [-0.05, 0) is 25.2 Å². The maximum Gasteiger partial charge on any atom is 0.0587 e. The summed E-state index contributed by atoms with van der Waals surface area (Å²) in [6.07, 6.45) is 6.67. The summed E-state index contributed by atoms with van der Waals surface area (Å²) in [5.74, 6) is 1.52. The van der Waals surface area contributed by atoms with Gasteiger partial charge in [-0.3, -0.25) is 0 Å². The third-order valence-electron chi connectivity index (χ3n) is 3.94. The van der Waals surface area contributed by atoms with E-state index in [-0.39, 0.29) is 12.6 Å². The van der Waals surface area contributed by atoms with Gasteiger partial charge in [-0.1, -0.05) is 39.5 Å². The van der Waals surface area contributed by atoms with Crippen molar-refractivity contribution in [2.24, 2.45) is 11.8 Å².